The molecule has 2 atom stereocenters. The number of nitrogens with one attached hydrogen (secondary N) is 1. The van der Waals surface area contributed by atoms with Gasteiger partial charge in [-0.2, -0.15) is 18.3 Å². The van der Waals surface area contributed by atoms with E-state index in [9.17, 15) is 18.0 Å². The molecule has 1 saturated carbocycles. The number of fused-ring (bicyclic) bond motifs is 3. The van der Waals surface area contributed by atoms with Crippen molar-refractivity contribution < 1.29 is 22.7 Å². The number of anilines is 1. The van der Waals surface area contributed by atoms with Crippen molar-refractivity contribution >= 4 is 12.1 Å². The van der Waals surface area contributed by atoms with Crippen molar-refractivity contribution in [1.82, 2.24) is 15.1 Å². The molecule has 0 bridgehead atoms. The summed E-state index contributed by atoms with van der Waals surface area (Å²) in [7, 11) is 0. The maximum atomic E-state index is 13.8. The summed E-state index contributed by atoms with van der Waals surface area (Å²) in [6.07, 6.45) is -1.44. The number of alkyl halides is 3. The second-order valence-corrected chi connectivity index (χ2v) is 9.34. The van der Waals surface area contributed by atoms with E-state index in [-0.39, 0.29) is 30.6 Å². The minimum atomic E-state index is -4.24. The third-order valence-corrected chi connectivity index (χ3v) is 7.61. The molecule has 6 nitrogen and oxygen atoms in total. The van der Waals surface area contributed by atoms with Crippen molar-refractivity contribution in [3.8, 4) is 5.75 Å². The first-order valence-electron chi connectivity index (χ1n) is 10.7. The molecular formula is C22H23F3N4O2. The van der Waals surface area contributed by atoms with Crippen LogP contribution in [0.4, 0.5) is 18.9 Å². The van der Waals surface area contributed by atoms with E-state index in [0.29, 0.717) is 31.8 Å². The summed E-state index contributed by atoms with van der Waals surface area (Å²) in [5, 5.41) is 7.14. The monoisotopic (exact) mass is 432 g/mol. The summed E-state index contributed by atoms with van der Waals surface area (Å²) in [5.74, 6) is 1.39. The van der Waals surface area contributed by atoms with Gasteiger partial charge in [0.1, 0.15) is 0 Å². The van der Waals surface area contributed by atoms with Gasteiger partial charge in [-0.15, -0.1) is 0 Å². The van der Waals surface area contributed by atoms with Crippen LogP contribution in [-0.2, 0) is 10.2 Å². The first-order chi connectivity index (χ1) is 14.9. The number of likely N-dealkylation sites (tertiary alicyclic amines) is 1. The van der Waals surface area contributed by atoms with Gasteiger partial charge in [-0.25, -0.2) is 0 Å². The third kappa shape index (κ3) is 2.78. The van der Waals surface area contributed by atoms with Gasteiger partial charge in [0.2, 0.25) is 6.41 Å². The van der Waals surface area contributed by atoms with E-state index in [0.717, 1.165) is 35.6 Å². The lowest BCUT2D eigenvalue weighted by molar-refractivity contribution is -0.160. The van der Waals surface area contributed by atoms with E-state index >= 15 is 0 Å². The highest BCUT2D eigenvalue weighted by Crippen LogP contribution is 2.59. The Morgan fingerprint density at radius 1 is 1.19 bits per heavy atom. The Hall–Kier alpha value is -2.71. The van der Waals surface area contributed by atoms with Crippen molar-refractivity contribution in [1.29, 1.82) is 0 Å². The van der Waals surface area contributed by atoms with Gasteiger partial charge in [0.15, 0.2) is 5.75 Å². The fraction of sp³-hybridized carbons (Fsp3) is 0.545. The minimum Gasteiger partial charge on any atom is -0.490 e. The van der Waals surface area contributed by atoms with E-state index in [1.165, 1.54) is 0 Å². The SMILES string of the molecule is O=CN1CC(c2ccc(C3(C(F)(F)F)CC3)cc2N2C[C@@H]3COc4cn[nH]c4[C@@H]3C2)C1. The first-order valence-corrected chi connectivity index (χ1v) is 10.7. The van der Waals surface area contributed by atoms with Crippen molar-refractivity contribution in [2.75, 3.05) is 37.7 Å². The summed E-state index contributed by atoms with van der Waals surface area (Å²) in [6, 6.07) is 5.29. The molecule has 164 valence electrons. The molecule has 0 spiro atoms. The Balaban J connectivity index is 1.37. The Morgan fingerprint density at radius 2 is 2.00 bits per heavy atom. The molecule has 1 aromatic heterocycles. The number of ether oxygens (including phenoxy) is 1. The number of amides is 1. The Morgan fingerprint density at radius 3 is 2.71 bits per heavy atom. The van der Waals surface area contributed by atoms with Crippen molar-refractivity contribution in [3.63, 3.8) is 0 Å². The summed E-state index contributed by atoms with van der Waals surface area (Å²) in [6.45, 7) is 3.23. The standard InChI is InChI=1S/C22H23F3N4O2/c23-22(24,25)21(3-4-21)15-1-2-16(13-7-28(8-13)12-30)18(5-15)29-9-14-11-31-19-6-26-27-20(19)17(14)10-29/h1-2,5-6,12-14,17H,3-4,7-11H2,(H,26,27)/t14-,17-/m1/s1. The van der Waals surface area contributed by atoms with E-state index in [1.54, 1.807) is 23.2 Å². The molecule has 1 N–H and O–H groups in total. The number of benzene rings is 1. The van der Waals surface area contributed by atoms with Gasteiger partial charge >= 0.3 is 6.18 Å². The van der Waals surface area contributed by atoms with E-state index < -0.39 is 11.6 Å². The number of carbonyl (C=O) groups is 1. The lowest BCUT2D eigenvalue weighted by Crippen LogP contribution is -2.44. The molecule has 1 amide bonds. The normalized spacial score (nSPS) is 26.7. The van der Waals surface area contributed by atoms with Gasteiger partial charge in [0.05, 0.1) is 23.9 Å². The summed E-state index contributed by atoms with van der Waals surface area (Å²) in [4.78, 5) is 14.9. The molecule has 4 heterocycles. The molecular weight excluding hydrogens is 409 g/mol. The topological polar surface area (TPSA) is 61.5 Å². The summed E-state index contributed by atoms with van der Waals surface area (Å²) >= 11 is 0. The number of hydrogen-bond acceptors (Lipinski definition) is 4. The van der Waals surface area contributed by atoms with Gasteiger partial charge in [-0.1, -0.05) is 12.1 Å². The van der Waals surface area contributed by atoms with Crippen LogP contribution in [-0.4, -0.2) is 60.5 Å². The molecule has 0 unspecified atom stereocenters. The minimum absolute atomic E-state index is 0.147. The maximum Gasteiger partial charge on any atom is 0.398 e. The molecule has 3 fully saturated rings. The molecule has 31 heavy (non-hydrogen) atoms. The van der Waals surface area contributed by atoms with Gasteiger partial charge in [-0.3, -0.25) is 9.89 Å². The fourth-order valence-corrected chi connectivity index (χ4v) is 5.54. The summed E-state index contributed by atoms with van der Waals surface area (Å²) in [5.41, 5.74) is 1.53. The molecule has 2 aromatic rings. The summed E-state index contributed by atoms with van der Waals surface area (Å²) < 4.78 is 47.2. The second-order valence-electron chi connectivity index (χ2n) is 9.34. The number of hydrogen-bond donors (Lipinski definition) is 1. The van der Waals surface area contributed by atoms with Crippen LogP contribution in [0.2, 0.25) is 0 Å². The number of aromatic nitrogens is 2. The van der Waals surface area contributed by atoms with Crippen molar-refractivity contribution in [2.24, 2.45) is 5.92 Å². The molecule has 4 aliphatic rings. The van der Waals surface area contributed by atoms with Crippen LogP contribution in [0.25, 0.3) is 0 Å². The van der Waals surface area contributed by atoms with Crippen LogP contribution < -0.4 is 9.64 Å². The quantitative estimate of drug-likeness (QED) is 0.754. The van der Waals surface area contributed by atoms with E-state index in [2.05, 4.69) is 15.1 Å². The van der Waals surface area contributed by atoms with Gasteiger partial charge < -0.3 is 14.5 Å². The van der Waals surface area contributed by atoms with Gasteiger partial charge in [0.25, 0.3) is 0 Å². The van der Waals surface area contributed by atoms with Crippen LogP contribution in [0, 0.1) is 5.92 Å². The molecule has 1 aromatic carbocycles. The molecule has 0 radical (unpaired) electrons. The highest BCUT2D eigenvalue weighted by molar-refractivity contribution is 5.62. The number of halogens is 3. The van der Waals surface area contributed by atoms with E-state index in [4.69, 9.17) is 4.74 Å². The number of rotatable bonds is 4. The van der Waals surface area contributed by atoms with Crippen LogP contribution in [0.3, 0.4) is 0 Å². The lowest BCUT2D eigenvalue weighted by atomic mass is 9.86. The molecule has 2 saturated heterocycles. The van der Waals surface area contributed by atoms with Crippen LogP contribution >= 0.6 is 0 Å². The zero-order valence-electron chi connectivity index (χ0n) is 16.9. The van der Waals surface area contributed by atoms with Crippen LogP contribution in [0.1, 0.15) is 41.5 Å². The number of nitrogens with zero attached hydrogens (tertiary/aromatic N) is 3. The largest absolute Gasteiger partial charge is 0.490 e. The molecule has 3 aliphatic heterocycles. The van der Waals surface area contributed by atoms with Crippen molar-refractivity contribution in [2.45, 2.75) is 36.3 Å². The molecule has 6 rings (SSSR count). The first kappa shape index (κ1) is 19.0. The van der Waals surface area contributed by atoms with E-state index in [1.807, 2.05) is 6.07 Å². The zero-order chi connectivity index (χ0) is 21.4. The van der Waals surface area contributed by atoms with Crippen molar-refractivity contribution in [3.05, 3.63) is 41.2 Å². The highest BCUT2D eigenvalue weighted by atomic mass is 19.4. The average molecular weight is 432 g/mol. The lowest BCUT2D eigenvalue weighted by Gasteiger charge is -2.39. The highest BCUT2D eigenvalue weighted by Gasteiger charge is 2.64. The van der Waals surface area contributed by atoms with Crippen LogP contribution in [0.5, 0.6) is 5.75 Å². The number of carbonyl (C=O) groups excluding carboxylic acids is 1. The maximum absolute atomic E-state index is 13.8. The predicted octanol–water partition coefficient (Wildman–Crippen LogP) is 3.17. The smallest absolute Gasteiger partial charge is 0.398 e. The molecule has 1 aliphatic carbocycles. The Labute approximate surface area is 177 Å². The molecule has 9 heteroatoms. The predicted molar refractivity (Wildman–Crippen MR) is 106 cm³/mol. The number of H-pyrrole nitrogens is 1. The van der Waals surface area contributed by atoms with Gasteiger partial charge in [-0.05, 0) is 30.0 Å². The third-order valence-electron chi connectivity index (χ3n) is 7.61. The van der Waals surface area contributed by atoms with Gasteiger partial charge in [0, 0.05) is 49.6 Å². The second kappa shape index (κ2) is 6.40. The fourth-order valence-electron chi connectivity index (χ4n) is 5.54. The Kier molecular flexibility index (Phi) is 3.92. The Bertz CT molecular complexity index is 1030. The van der Waals surface area contributed by atoms with Crippen LogP contribution in [0.15, 0.2) is 24.4 Å². The number of aromatic amines is 1. The zero-order valence-corrected chi connectivity index (χ0v) is 16.9. The average Bonchev–Trinajstić information content (AvgIpc) is 3.21.